The van der Waals surface area contributed by atoms with Crippen molar-refractivity contribution in [1.29, 1.82) is 0 Å². The van der Waals surface area contributed by atoms with Gasteiger partial charge in [0.05, 0.1) is 5.56 Å². The predicted octanol–water partition coefficient (Wildman–Crippen LogP) is 3.76. The molecular formula is C14H18F3NO. The lowest BCUT2D eigenvalue weighted by atomic mass is 10.0. The third-order valence-corrected chi connectivity index (χ3v) is 3.13. The second-order valence-electron chi connectivity index (χ2n) is 4.39. The number of halogens is 3. The number of rotatable bonds is 5. The van der Waals surface area contributed by atoms with Gasteiger partial charge in [0.2, 0.25) is 5.91 Å². The molecule has 0 bridgehead atoms. The third-order valence-electron chi connectivity index (χ3n) is 3.13. The first-order valence-corrected chi connectivity index (χ1v) is 6.32. The van der Waals surface area contributed by atoms with Crippen molar-refractivity contribution in [3.05, 3.63) is 35.4 Å². The maximum Gasteiger partial charge on any atom is 0.416 e. The van der Waals surface area contributed by atoms with E-state index >= 15 is 0 Å². The van der Waals surface area contributed by atoms with E-state index < -0.39 is 11.7 Å². The normalized spacial score (nSPS) is 11.7. The molecule has 0 aliphatic carbocycles. The molecule has 1 aromatic carbocycles. The standard InChI is InChI=1S/C14H18F3NO/c1-3-10(4-2)13(19)18-9-11-7-5-6-8-12(11)14(15,16)17/h5-8,10H,3-4,9H2,1-2H3,(H,18,19). The van der Waals surface area contributed by atoms with Crippen LogP contribution in [0.5, 0.6) is 0 Å². The van der Waals surface area contributed by atoms with Crippen LogP contribution in [0.3, 0.4) is 0 Å². The van der Waals surface area contributed by atoms with E-state index in [2.05, 4.69) is 5.32 Å². The van der Waals surface area contributed by atoms with Crippen LogP contribution in [0.2, 0.25) is 0 Å². The molecule has 0 saturated carbocycles. The Bertz CT molecular complexity index is 425. The number of hydrogen-bond donors (Lipinski definition) is 1. The number of amides is 1. The molecule has 0 unspecified atom stereocenters. The van der Waals surface area contributed by atoms with Crippen molar-refractivity contribution in [1.82, 2.24) is 5.32 Å². The third kappa shape index (κ3) is 4.26. The van der Waals surface area contributed by atoms with Crippen LogP contribution in [-0.2, 0) is 17.5 Å². The summed E-state index contributed by atoms with van der Waals surface area (Å²) in [6, 6.07) is 5.29. The van der Waals surface area contributed by atoms with E-state index in [4.69, 9.17) is 0 Å². The Hall–Kier alpha value is -1.52. The van der Waals surface area contributed by atoms with Gasteiger partial charge in [-0.2, -0.15) is 13.2 Å². The fourth-order valence-corrected chi connectivity index (χ4v) is 1.94. The maximum atomic E-state index is 12.8. The van der Waals surface area contributed by atoms with Crippen LogP contribution in [0, 0.1) is 5.92 Å². The highest BCUT2D eigenvalue weighted by Gasteiger charge is 2.32. The van der Waals surface area contributed by atoms with Gasteiger partial charge in [0, 0.05) is 12.5 Å². The van der Waals surface area contributed by atoms with Gasteiger partial charge < -0.3 is 5.32 Å². The Kier molecular flexibility index (Phi) is 5.39. The second kappa shape index (κ2) is 6.59. The summed E-state index contributed by atoms with van der Waals surface area (Å²) in [5, 5.41) is 2.57. The lowest BCUT2D eigenvalue weighted by Gasteiger charge is -2.16. The van der Waals surface area contributed by atoms with Crippen molar-refractivity contribution < 1.29 is 18.0 Å². The first kappa shape index (κ1) is 15.5. The molecule has 1 aromatic rings. The summed E-state index contributed by atoms with van der Waals surface area (Å²) in [4.78, 5) is 11.7. The Morgan fingerprint density at radius 1 is 1.21 bits per heavy atom. The molecular weight excluding hydrogens is 255 g/mol. The van der Waals surface area contributed by atoms with Crippen LogP contribution >= 0.6 is 0 Å². The Labute approximate surface area is 111 Å². The van der Waals surface area contributed by atoms with Crippen LogP contribution in [0.15, 0.2) is 24.3 Å². The van der Waals surface area contributed by atoms with Gasteiger partial charge in [0.25, 0.3) is 0 Å². The Balaban J connectivity index is 2.76. The molecule has 2 nitrogen and oxygen atoms in total. The molecule has 0 atom stereocenters. The zero-order chi connectivity index (χ0) is 14.5. The molecule has 1 amide bonds. The van der Waals surface area contributed by atoms with Gasteiger partial charge in [-0.15, -0.1) is 0 Å². The van der Waals surface area contributed by atoms with Gasteiger partial charge in [-0.25, -0.2) is 0 Å². The van der Waals surface area contributed by atoms with Crippen molar-refractivity contribution in [3.8, 4) is 0 Å². The van der Waals surface area contributed by atoms with Gasteiger partial charge in [-0.1, -0.05) is 32.0 Å². The van der Waals surface area contributed by atoms with E-state index in [9.17, 15) is 18.0 Å². The summed E-state index contributed by atoms with van der Waals surface area (Å²) in [7, 11) is 0. The minimum atomic E-state index is -4.39. The number of carbonyl (C=O) groups excluding carboxylic acids is 1. The second-order valence-corrected chi connectivity index (χ2v) is 4.39. The SMILES string of the molecule is CCC(CC)C(=O)NCc1ccccc1C(F)(F)F. The molecule has 0 aromatic heterocycles. The summed E-state index contributed by atoms with van der Waals surface area (Å²) in [5.74, 6) is -0.333. The first-order valence-electron chi connectivity index (χ1n) is 6.32. The van der Waals surface area contributed by atoms with Crippen LogP contribution in [0.25, 0.3) is 0 Å². The molecule has 0 fully saturated rings. The minimum absolute atomic E-state index is 0.0920. The van der Waals surface area contributed by atoms with Gasteiger partial charge in [0.15, 0.2) is 0 Å². The monoisotopic (exact) mass is 273 g/mol. The summed E-state index contributed by atoms with van der Waals surface area (Å²) in [6.45, 7) is 3.68. The molecule has 0 saturated heterocycles. The van der Waals surface area contributed by atoms with Crippen molar-refractivity contribution in [2.75, 3.05) is 0 Å². The number of alkyl halides is 3. The highest BCUT2D eigenvalue weighted by atomic mass is 19.4. The number of benzene rings is 1. The summed E-state index contributed by atoms with van der Waals surface area (Å²) in [5.41, 5.74) is -0.603. The topological polar surface area (TPSA) is 29.1 Å². The molecule has 0 heterocycles. The molecule has 106 valence electrons. The molecule has 0 spiro atoms. The average molecular weight is 273 g/mol. The van der Waals surface area contributed by atoms with Gasteiger partial charge in [-0.05, 0) is 24.5 Å². The highest BCUT2D eigenvalue weighted by Crippen LogP contribution is 2.31. The van der Waals surface area contributed by atoms with E-state index in [1.54, 1.807) is 0 Å². The molecule has 19 heavy (non-hydrogen) atoms. The molecule has 0 aliphatic heterocycles. The van der Waals surface area contributed by atoms with Gasteiger partial charge in [-0.3, -0.25) is 4.79 Å². The van der Waals surface area contributed by atoms with E-state index in [1.165, 1.54) is 18.2 Å². The fourth-order valence-electron chi connectivity index (χ4n) is 1.94. The summed E-state index contributed by atoms with van der Waals surface area (Å²) in [6.07, 6.45) is -3.03. The Morgan fingerprint density at radius 3 is 2.32 bits per heavy atom. The van der Waals surface area contributed by atoms with Crippen LogP contribution in [-0.4, -0.2) is 5.91 Å². The lowest BCUT2D eigenvalue weighted by molar-refractivity contribution is -0.138. The summed E-state index contributed by atoms with van der Waals surface area (Å²) < 4.78 is 38.3. The van der Waals surface area contributed by atoms with E-state index in [1.807, 2.05) is 13.8 Å². The molecule has 5 heteroatoms. The number of nitrogens with one attached hydrogen (secondary N) is 1. The minimum Gasteiger partial charge on any atom is -0.352 e. The lowest BCUT2D eigenvalue weighted by Crippen LogP contribution is -2.30. The van der Waals surface area contributed by atoms with Crippen molar-refractivity contribution >= 4 is 5.91 Å². The fraction of sp³-hybridized carbons (Fsp3) is 0.500. The maximum absolute atomic E-state index is 12.8. The van der Waals surface area contributed by atoms with Crippen molar-refractivity contribution in [2.45, 2.75) is 39.4 Å². The largest absolute Gasteiger partial charge is 0.416 e. The molecule has 1 N–H and O–H groups in total. The molecule has 1 rings (SSSR count). The number of hydrogen-bond acceptors (Lipinski definition) is 1. The van der Waals surface area contributed by atoms with Crippen LogP contribution in [0.1, 0.15) is 37.8 Å². The number of carbonyl (C=O) groups is 1. The van der Waals surface area contributed by atoms with Crippen molar-refractivity contribution in [2.24, 2.45) is 5.92 Å². The van der Waals surface area contributed by atoms with Gasteiger partial charge in [0.1, 0.15) is 0 Å². The highest BCUT2D eigenvalue weighted by molar-refractivity contribution is 5.78. The van der Waals surface area contributed by atoms with Crippen LogP contribution in [0.4, 0.5) is 13.2 Å². The van der Waals surface area contributed by atoms with E-state index in [0.717, 1.165) is 6.07 Å². The average Bonchev–Trinajstić information content (AvgIpc) is 2.37. The molecule has 0 radical (unpaired) electrons. The zero-order valence-corrected chi connectivity index (χ0v) is 11.1. The first-order chi connectivity index (χ1) is 8.90. The smallest absolute Gasteiger partial charge is 0.352 e. The summed E-state index contributed by atoms with van der Waals surface area (Å²) >= 11 is 0. The van der Waals surface area contributed by atoms with Crippen molar-refractivity contribution in [3.63, 3.8) is 0 Å². The predicted molar refractivity (Wildman–Crippen MR) is 67.4 cm³/mol. The van der Waals surface area contributed by atoms with Gasteiger partial charge >= 0.3 is 6.18 Å². The van der Waals surface area contributed by atoms with Crippen LogP contribution < -0.4 is 5.32 Å². The van der Waals surface area contributed by atoms with E-state index in [-0.39, 0.29) is 23.9 Å². The zero-order valence-electron chi connectivity index (χ0n) is 11.1. The quantitative estimate of drug-likeness (QED) is 0.869. The Morgan fingerprint density at radius 2 is 1.79 bits per heavy atom. The molecule has 0 aliphatic rings. The van der Waals surface area contributed by atoms with E-state index in [0.29, 0.717) is 12.8 Å².